The van der Waals surface area contributed by atoms with Gasteiger partial charge in [-0.1, -0.05) is 12.1 Å². The van der Waals surface area contributed by atoms with E-state index in [0.717, 1.165) is 12.1 Å². The molecule has 2 aromatic carbocycles. The average molecular weight is 422 g/mol. The first-order valence-corrected chi connectivity index (χ1v) is 9.34. The van der Waals surface area contributed by atoms with Crippen LogP contribution >= 0.6 is 0 Å². The lowest BCUT2D eigenvalue weighted by molar-refractivity contribution is -0.137. The lowest BCUT2D eigenvalue weighted by Crippen LogP contribution is -2.34. The second-order valence-corrected chi connectivity index (χ2v) is 7.35. The van der Waals surface area contributed by atoms with E-state index in [1.807, 2.05) is 19.0 Å². The standard InChI is InChI=1S/C22H22F4N2O2/c1-13-17-10-16(23)8-9-20(17)30-21(13)19(29)12-27-11-18(28(2)3)14-4-6-15(7-5-14)22(24,25)26/h4-10,18,27H,11-12H2,1-3H3. The van der Waals surface area contributed by atoms with Gasteiger partial charge in [-0.2, -0.15) is 13.2 Å². The number of aryl methyl sites for hydroxylation is 1. The normalized spacial score (nSPS) is 13.2. The molecule has 1 atom stereocenters. The van der Waals surface area contributed by atoms with Gasteiger partial charge in [0.25, 0.3) is 0 Å². The Bertz CT molecular complexity index is 1040. The van der Waals surface area contributed by atoms with Crippen LogP contribution in [0, 0.1) is 12.7 Å². The number of rotatable bonds is 7. The average Bonchev–Trinajstić information content (AvgIpc) is 3.00. The topological polar surface area (TPSA) is 45.5 Å². The minimum absolute atomic E-state index is 0.0197. The van der Waals surface area contributed by atoms with Crippen LogP contribution in [-0.4, -0.2) is 37.9 Å². The summed E-state index contributed by atoms with van der Waals surface area (Å²) in [7, 11) is 3.62. The molecule has 0 aliphatic rings. The molecule has 0 aliphatic carbocycles. The summed E-state index contributed by atoms with van der Waals surface area (Å²) in [6, 6.07) is 8.82. The lowest BCUT2D eigenvalue weighted by Gasteiger charge is -2.25. The third-order valence-corrected chi connectivity index (χ3v) is 5.02. The summed E-state index contributed by atoms with van der Waals surface area (Å²) in [6.07, 6.45) is -4.38. The number of likely N-dealkylation sites (N-methyl/N-ethyl adjacent to an activating group) is 1. The van der Waals surface area contributed by atoms with Gasteiger partial charge < -0.3 is 14.6 Å². The van der Waals surface area contributed by atoms with Crippen LogP contribution in [0.1, 0.15) is 33.3 Å². The van der Waals surface area contributed by atoms with Gasteiger partial charge in [-0.25, -0.2) is 4.39 Å². The van der Waals surface area contributed by atoms with Crippen LogP contribution in [0.5, 0.6) is 0 Å². The van der Waals surface area contributed by atoms with Crippen molar-refractivity contribution < 1.29 is 26.8 Å². The molecule has 0 bridgehead atoms. The second kappa shape index (κ2) is 8.57. The van der Waals surface area contributed by atoms with Crippen molar-refractivity contribution in [1.29, 1.82) is 0 Å². The van der Waals surface area contributed by atoms with Gasteiger partial charge in [0.15, 0.2) is 5.76 Å². The van der Waals surface area contributed by atoms with Crippen LogP contribution in [0.15, 0.2) is 46.9 Å². The van der Waals surface area contributed by atoms with Gasteiger partial charge in [-0.3, -0.25) is 4.79 Å². The number of halogens is 4. The van der Waals surface area contributed by atoms with Crippen molar-refractivity contribution in [2.75, 3.05) is 27.2 Å². The Morgan fingerprint density at radius 1 is 1.13 bits per heavy atom. The third-order valence-electron chi connectivity index (χ3n) is 5.02. The van der Waals surface area contributed by atoms with Gasteiger partial charge in [-0.05, 0) is 56.9 Å². The number of alkyl halides is 3. The molecule has 0 aliphatic heterocycles. The smallest absolute Gasteiger partial charge is 0.416 e. The van der Waals surface area contributed by atoms with Gasteiger partial charge in [0.2, 0.25) is 5.78 Å². The van der Waals surface area contributed by atoms with E-state index < -0.39 is 17.6 Å². The summed E-state index contributed by atoms with van der Waals surface area (Å²) < 4.78 is 57.3. The Balaban J connectivity index is 1.67. The predicted molar refractivity (Wildman–Crippen MR) is 106 cm³/mol. The van der Waals surface area contributed by atoms with Crippen LogP contribution < -0.4 is 5.32 Å². The first-order valence-electron chi connectivity index (χ1n) is 9.34. The number of nitrogens with one attached hydrogen (secondary N) is 1. The molecule has 1 unspecified atom stereocenters. The van der Waals surface area contributed by atoms with Gasteiger partial charge in [-0.15, -0.1) is 0 Å². The first-order chi connectivity index (χ1) is 14.1. The predicted octanol–water partition coefficient (Wildman–Crippen LogP) is 4.97. The fraction of sp³-hybridized carbons (Fsp3) is 0.318. The summed E-state index contributed by atoms with van der Waals surface area (Å²) >= 11 is 0. The zero-order chi connectivity index (χ0) is 22.1. The number of carbonyl (C=O) groups is 1. The molecule has 1 heterocycles. The van der Waals surface area contributed by atoms with E-state index in [0.29, 0.717) is 28.6 Å². The van der Waals surface area contributed by atoms with Crippen LogP contribution in [0.25, 0.3) is 11.0 Å². The highest BCUT2D eigenvalue weighted by Crippen LogP contribution is 2.30. The number of hydrogen-bond donors (Lipinski definition) is 1. The highest BCUT2D eigenvalue weighted by Gasteiger charge is 2.30. The molecule has 0 radical (unpaired) electrons. The van der Waals surface area contributed by atoms with Gasteiger partial charge in [0.1, 0.15) is 11.4 Å². The maximum Gasteiger partial charge on any atom is 0.416 e. The number of hydrogen-bond acceptors (Lipinski definition) is 4. The quantitative estimate of drug-likeness (QED) is 0.431. The number of nitrogens with zero attached hydrogens (tertiary/aromatic N) is 1. The highest BCUT2D eigenvalue weighted by atomic mass is 19.4. The molecule has 4 nitrogen and oxygen atoms in total. The minimum atomic E-state index is -4.38. The van der Waals surface area contributed by atoms with Crippen molar-refractivity contribution in [3.8, 4) is 0 Å². The highest BCUT2D eigenvalue weighted by molar-refractivity contribution is 6.01. The largest absolute Gasteiger partial charge is 0.453 e. The fourth-order valence-electron chi connectivity index (χ4n) is 3.35. The van der Waals surface area contributed by atoms with Crippen molar-refractivity contribution in [3.63, 3.8) is 0 Å². The second-order valence-electron chi connectivity index (χ2n) is 7.35. The minimum Gasteiger partial charge on any atom is -0.453 e. The van der Waals surface area contributed by atoms with Crippen LogP contribution in [0.4, 0.5) is 17.6 Å². The molecular formula is C22H22F4N2O2. The van der Waals surface area contributed by atoms with Gasteiger partial charge in [0, 0.05) is 23.5 Å². The monoisotopic (exact) mass is 422 g/mol. The Morgan fingerprint density at radius 2 is 1.80 bits per heavy atom. The van der Waals surface area contributed by atoms with Crippen molar-refractivity contribution in [3.05, 3.63) is 70.7 Å². The summed E-state index contributed by atoms with van der Waals surface area (Å²) in [5.41, 5.74) is 1.00. The number of furan rings is 1. The zero-order valence-electron chi connectivity index (χ0n) is 16.8. The number of Topliss-reactive ketones (excluding diaryl/α,β-unsaturated/α-hetero) is 1. The Labute approximate surface area is 171 Å². The maximum atomic E-state index is 13.4. The van der Waals surface area contributed by atoms with E-state index in [2.05, 4.69) is 5.32 Å². The molecule has 8 heteroatoms. The zero-order valence-corrected chi connectivity index (χ0v) is 16.8. The molecular weight excluding hydrogens is 400 g/mol. The molecule has 0 spiro atoms. The van der Waals surface area contributed by atoms with E-state index in [4.69, 9.17) is 4.42 Å². The van der Waals surface area contributed by atoms with Crippen molar-refractivity contribution in [2.45, 2.75) is 19.1 Å². The maximum absolute atomic E-state index is 13.4. The number of carbonyl (C=O) groups excluding carboxylic acids is 1. The summed E-state index contributed by atoms with van der Waals surface area (Å²) in [6.45, 7) is 2.02. The Hall–Kier alpha value is -2.71. The van der Waals surface area contributed by atoms with E-state index in [1.54, 1.807) is 6.92 Å². The van der Waals surface area contributed by atoms with E-state index in [-0.39, 0.29) is 24.1 Å². The number of ketones is 1. The first kappa shape index (κ1) is 22.0. The van der Waals surface area contributed by atoms with E-state index in [1.165, 1.54) is 30.3 Å². The lowest BCUT2D eigenvalue weighted by atomic mass is 10.0. The van der Waals surface area contributed by atoms with Crippen LogP contribution in [0.3, 0.4) is 0 Å². The molecule has 30 heavy (non-hydrogen) atoms. The summed E-state index contributed by atoms with van der Waals surface area (Å²) in [5, 5.41) is 3.59. The molecule has 3 aromatic rings. The fourth-order valence-corrected chi connectivity index (χ4v) is 3.35. The van der Waals surface area contributed by atoms with Crippen molar-refractivity contribution >= 4 is 16.8 Å². The molecule has 1 aromatic heterocycles. The SMILES string of the molecule is Cc1c(C(=O)CNCC(c2ccc(C(F)(F)F)cc2)N(C)C)oc2ccc(F)cc12. The van der Waals surface area contributed by atoms with Crippen molar-refractivity contribution in [2.24, 2.45) is 0 Å². The van der Waals surface area contributed by atoms with Crippen LogP contribution in [-0.2, 0) is 6.18 Å². The van der Waals surface area contributed by atoms with E-state index in [9.17, 15) is 22.4 Å². The van der Waals surface area contributed by atoms with E-state index >= 15 is 0 Å². The van der Waals surface area contributed by atoms with Crippen LogP contribution in [0.2, 0.25) is 0 Å². The number of fused-ring (bicyclic) bond motifs is 1. The Kier molecular flexibility index (Phi) is 6.28. The van der Waals surface area contributed by atoms with Crippen molar-refractivity contribution in [1.82, 2.24) is 10.2 Å². The molecule has 0 saturated heterocycles. The molecule has 0 saturated carbocycles. The number of benzene rings is 2. The Morgan fingerprint density at radius 3 is 2.40 bits per heavy atom. The summed E-state index contributed by atoms with van der Waals surface area (Å²) in [4.78, 5) is 14.4. The molecule has 1 N–H and O–H groups in total. The van der Waals surface area contributed by atoms with Gasteiger partial charge in [0.05, 0.1) is 12.1 Å². The molecule has 0 amide bonds. The summed E-state index contributed by atoms with van der Waals surface area (Å²) in [5.74, 6) is -0.526. The third kappa shape index (κ3) is 4.71. The molecule has 3 rings (SSSR count). The van der Waals surface area contributed by atoms with Gasteiger partial charge >= 0.3 is 6.18 Å². The molecule has 0 fully saturated rings. The molecule has 160 valence electrons.